The van der Waals surface area contributed by atoms with Crippen molar-refractivity contribution in [1.82, 2.24) is 0 Å². The summed E-state index contributed by atoms with van der Waals surface area (Å²) >= 11 is 1.71. The Morgan fingerprint density at radius 3 is 1.67 bits per heavy atom. The molecule has 0 fully saturated rings. The number of ketones is 1. The Hall–Kier alpha value is -1.61. The zero-order valence-electron chi connectivity index (χ0n) is 15.7. The van der Waals surface area contributed by atoms with Gasteiger partial charge >= 0.3 is 0 Å². The van der Waals surface area contributed by atoms with Crippen molar-refractivity contribution >= 4 is 28.9 Å². The Balaban J connectivity index is 2.52. The second kappa shape index (κ2) is 6.72. The summed E-state index contributed by atoms with van der Waals surface area (Å²) in [7, 11) is 0. The number of hydrogen-bond acceptors (Lipinski definition) is 3. The molecule has 0 bridgehead atoms. The monoisotopic (exact) mass is 341 g/mol. The van der Waals surface area contributed by atoms with E-state index in [0.717, 1.165) is 22.5 Å². The first-order valence-electron chi connectivity index (χ1n) is 8.24. The molecule has 24 heavy (non-hydrogen) atoms. The standard InChI is InChI=1S/C21H27NOS/c1-20(2,3)17-12-15(13-18(19(17)23)21(4,5)6)22-14-8-10-16(24-7)11-9-14/h8-13H,1-7H3. The smallest absolute Gasteiger partial charge is 0.186 e. The summed E-state index contributed by atoms with van der Waals surface area (Å²) in [6, 6.07) is 8.18. The van der Waals surface area contributed by atoms with Crippen molar-refractivity contribution in [2.24, 2.45) is 15.8 Å². The normalized spacial score (nSPS) is 16.0. The highest BCUT2D eigenvalue weighted by molar-refractivity contribution is 7.98. The van der Waals surface area contributed by atoms with Crippen molar-refractivity contribution in [2.45, 2.75) is 46.4 Å². The molecule has 0 saturated carbocycles. The molecule has 1 aliphatic rings. The molecule has 3 heteroatoms. The highest BCUT2D eigenvalue weighted by Gasteiger charge is 2.34. The van der Waals surface area contributed by atoms with E-state index in [0.29, 0.717) is 0 Å². The quantitative estimate of drug-likeness (QED) is 0.487. The van der Waals surface area contributed by atoms with Crippen molar-refractivity contribution in [3.05, 3.63) is 47.6 Å². The number of thioether (sulfide) groups is 1. The molecule has 0 saturated heterocycles. The van der Waals surface area contributed by atoms with Crippen LogP contribution < -0.4 is 0 Å². The van der Waals surface area contributed by atoms with Gasteiger partial charge in [0.1, 0.15) is 0 Å². The van der Waals surface area contributed by atoms with E-state index >= 15 is 0 Å². The van der Waals surface area contributed by atoms with Crippen LogP contribution >= 0.6 is 11.8 Å². The maximum atomic E-state index is 12.9. The van der Waals surface area contributed by atoms with Crippen molar-refractivity contribution < 1.29 is 4.79 Å². The van der Waals surface area contributed by atoms with Crippen molar-refractivity contribution in [3.63, 3.8) is 0 Å². The van der Waals surface area contributed by atoms with Crippen LogP contribution in [0.5, 0.6) is 0 Å². The molecule has 0 aromatic heterocycles. The molecule has 0 aliphatic heterocycles. The van der Waals surface area contributed by atoms with Crippen LogP contribution in [0.1, 0.15) is 41.5 Å². The Bertz CT molecular complexity index is 687. The van der Waals surface area contributed by atoms with E-state index in [1.807, 2.05) is 24.3 Å². The first-order valence-corrected chi connectivity index (χ1v) is 9.46. The number of nitrogens with zero attached hydrogens (tertiary/aromatic N) is 1. The largest absolute Gasteiger partial charge is 0.289 e. The zero-order chi connectivity index (χ0) is 18.1. The number of carbonyl (C=O) groups excluding carboxylic acids is 1. The van der Waals surface area contributed by atoms with Gasteiger partial charge in [-0.2, -0.15) is 0 Å². The number of carbonyl (C=O) groups is 1. The maximum absolute atomic E-state index is 12.9. The summed E-state index contributed by atoms with van der Waals surface area (Å²) in [5.41, 5.74) is 3.01. The molecule has 1 aliphatic carbocycles. The maximum Gasteiger partial charge on any atom is 0.186 e. The molecule has 2 nitrogen and oxygen atoms in total. The fraction of sp³-hybridized carbons (Fsp3) is 0.429. The fourth-order valence-corrected chi connectivity index (χ4v) is 3.01. The molecule has 2 rings (SSSR count). The lowest BCUT2D eigenvalue weighted by Gasteiger charge is -2.31. The third kappa shape index (κ3) is 4.27. The fourth-order valence-electron chi connectivity index (χ4n) is 2.60. The van der Waals surface area contributed by atoms with Crippen LogP contribution in [0.4, 0.5) is 5.69 Å². The number of rotatable bonds is 2. The van der Waals surface area contributed by atoms with E-state index in [1.165, 1.54) is 4.90 Å². The van der Waals surface area contributed by atoms with E-state index in [4.69, 9.17) is 4.99 Å². The van der Waals surface area contributed by atoms with Crippen molar-refractivity contribution in [1.29, 1.82) is 0 Å². The Kier molecular flexibility index (Phi) is 5.24. The number of Topliss-reactive ketones (excluding diaryl/α,β-unsaturated/α-hetero) is 1. The van der Waals surface area contributed by atoms with Crippen LogP contribution in [0.3, 0.4) is 0 Å². The summed E-state index contributed by atoms with van der Waals surface area (Å²) < 4.78 is 0. The zero-order valence-corrected chi connectivity index (χ0v) is 16.5. The van der Waals surface area contributed by atoms with Gasteiger partial charge in [0.25, 0.3) is 0 Å². The second-order valence-electron chi connectivity index (χ2n) is 8.18. The minimum absolute atomic E-state index is 0.145. The first kappa shape index (κ1) is 18.7. The third-order valence-corrected chi connectivity index (χ3v) is 4.76. The third-order valence-electron chi connectivity index (χ3n) is 4.02. The van der Waals surface area contributed by atoms with Gasteiger partial charge in [-0.3, -0.25) is 4.79 Å². The molecule has 0 amide bonds. The van der Waals surface area contributed by atoms with Crippen LogP contribution in [0.2, 0.25) is 0 Å². The molecule has 0 unspecified atom stereocenters. The van der Waals surface area contributed by atoms with Gasteiger partial charge in [-0.25, -0.2) is 4.99 Å². The molecule has 1 aromatic carbocycles. The predicted octanol–water partition coefficient (Wildman–Crippen LogP) is 6.01. The Morgan fingerprint density at radius 2 is 1.29 bits per heavy atom. The summed E-state index contributed by atoms with van der Waals surface area (Å²) in [5.74, 6) is 0.145. The SMILES string of the molecule is CSc1ccc(N=C2C=C(C(C)(C)C)C(=O)C(C(C)(C)C)=C2)cc1. The number of hydrogen-bond donors (Lipinski definition) is 0. The van der Waals surface area contributed by atoms with Gasteiger partial charge in [0.15, 0.2) is 5.78 Å². The van der Waals surface area contributed by atoms with E-state index in [-0.39, 0.29) is 16.6 Å². The predicted molar refractivity (Wildman–Crippen MR) is 105 cm³/mol. The van der Waals surface area contributed by atoms with Gasteiger partial charge < -0.3 is 0 Å². The first-order chi connectivity index (χ1) is 11.0. The lowest BCUT2D eigenvalue weighted by atomic mass is 9.72. The summed E-state index contributed by atoms with van der Waals surface area (Å²) in [6.07, 6.45) is 5.95. The van der Waals surface area contributed by atoms with E-state index < -0.39 is 0 Å². The highest BCUT2D eigenvalue weighted by atomic mass is 32.2. The van der Waals surface area contributed by atoms with Gasteiger partial charge in [0, 0.05) is 16.0 Å². The van der Waals surface area contributed by atoms with Crippen LogP contribution in [0.15, 0.2) is 57.5 Å². The minimum atomic E-state index is -0.203. The molecule has 0 spiro atoms. The van der Waals surface area contributed by atoms with Crippen LogP contribution in [-0.2, 0) is 4.79 Å². The van der Waals surface area contributed by atoms with Gasteiger partial charge in [0.05, 0.1) is 11.4 Å². The Morgan fingerprint density at radius 1 is 0.833 bits per heavy atom. The topological polar surface area (TPSA) is 29.4 Å². The second-order valence-corrected chi connectivity index (χ2v) is 9.06. The summed E-state index contributed by atoms with van der Waals surface area (Å²) in [5, 5.41) is 0. The van der Waals surface area contributed by atoms with Gasteiger partial charge in [-0.15, -0.1) is 11.8 Å². The minimum Gasteiger partial charge on any atom is -0.289 e. The summed E-state index contributed by atoms with van der Waals surface area (Å²) in [6.45, 7) is 12.5. The molecular weight excluding hydrogens is 314 g/mol. The lowest BCUT2D eigenvalue weighted by Crippen LogP contribution is -2.29. The molecule has 128 valence electrons. The van der Waals surface area contributed by atoms with E-state index in [9.17, 15) is 4.79 Å². The highest BCUT2D eigenvalue weighted by Crippen LogP contribution is 2.37. The molecule has 0 radical (unpaired) electrons. The lowest BCUT2D eigenvalue weighted by molar-refractivity contribution is -0.114. The number of aliphatic imine (C=N–C) groups is 1. The number of allylic oxidation sites excluding steroid dienone is 4. The number of benzene rings is 1. The van der Waals surface area contributed by atoms with Crippen molar-refractivity contribution in [2.75, 3.05) is 6.26 Å². The summed E-state index contributed by atoms with van der Waals surface area (Å²) in [4.78, 5) is 18.9. The average molecular weight is 342 g/mol. The Labute approximate surface area is 150 Å². The van der Waals surface area contributed by atoms with E-state index in [2.05, 4.69) is 59.9 Å². The average Bonchev–Trinajstić information content (AvgIpc) is 2.47. The van der Waals surface area contributed by atoms with Gasteiger partial charge in [0.2, 0.25) is 0 Å². The van der Waals surface area contributed by atoms with Gasteiger partial charge in [-0.1, -0.05) is 41.5 Å². The van der Waals surface area contributed by atoms with E-state index in [1.54, 1.807) is 11.8 Å². The molecule has 0 N–H and O–H groups in total. The van der Waals surface area contributed by atoms with Crippen LogP contribution in [0.25, 0.3) is 0 Å². The van der Waals surface area contributed by atoms with Gasteiger partial charge in [-0.05, 0) is 53.5 Å². The van der Waals surface area contributed by atoms with Crippen LogP contribution in [0, 0.1) is 10.8 Å². The van der Waals surface area contributed by atoms with Crippen LogP contribution in [-0.4, -0.2) is 17.8 Å². The molecular formula is C21H27NOS. The molecule has 0 heterocycles. The molecule has 0 atom stereocenters. The van der Waals surface area contributed by atoms with Crippen molar-refractivity contribution in [3.8, 4) is 0 Å². The molecule has 1 aromatic rings.